The Morgan fingerprint density at radius 3 is 1.71 bits per heavy atom. The van der Waals surface area contributed by atoms with Crippen molar-refractivity contribution in [2.75, 3.05) is 0 Å². The summed E-state index contributed by atoms with van der Waals surface area (Å²) in [7, 11) is 0. The molecule has 0 saturated carbocycles. The van der Waals surface area contributed by atoms with Crippen molar-refractivity contribution in [2.45, 2.75) is 32.6 Å². The van der Waals surface area contributed by atoms with E-state index >= 15 is 0 Å². The van der Waals surface area contributed by atoms with Crippen LogP contribution in [0.3, 0.4) is 0 Å². The third-order valence-corrected chi connectivity index (χ3v) is 4.92. The molecule has 0 aliphatic carbocycles. The number of phenolic OH excluding ortho intramolecular Hbond substituents is 1. The van der Waals surface area contributed by atoms with E-state index in [0.717, 1.165) is 11.1 Å². The van der Waals surface area contributed by atoms with Gasteiger partial charge in [-0.2, -0.15) is 0 Å². The normalized spacial score (nSPS) is 13.5. The van der Waals surface area contributed by atoms with Crippen molar-refractivity contribution < 1.29 is 5.11 Å². The van der Waals surface area contributed by atoms with Gasteiger partial charge in [0, 0.05) is 17.4 Å². The fourth-order valence-electron chi connectivity index (χ4n) is 3.27. The maximum atomic E-state index is 10.6. The van der Waals surface area contributed by atoms with Crippen LogP contribution in [0.1, 0.15) is 53.5 Å². The Bertz CT molecular complexity index is 806. The van der Waals surface area contributed by atoms with E-state index in [1.54, 1.807) is 0 Å². The predicted octanol–water partition coefficient (Wildman–Crippen LogP) is 6.00. The molecule has 1 nitrogen and oxygen atoms in total. The second-order valence-electron chi connectivity index (χ2n) is 6.54. The summed E-state index contributed by atoms with van der Waals surface area (Å²) in [6, 6.07) is 25.1. The molecule has 122 valence electrons. The first kappa shape index (κ1) is 16.3. The van der Waals surface area contributed by atoms with Gasteiger partial charge in [0.2, 0.25) is 0 Å². The van der Waals surface area contributed by atoms with Gasteiger partial charge in [0.25, 0.3) is 0 Å². The molecular weight excluding hydrogens is 292 g/mol. The smallest absolute Gasteiger partial charge is 0.122 e. The van der Waals surface area contributed by atoms with Crippen LogP contribution in [0.25, 0.3) is 0 Å². The van der Waals surface area contributed by atoms with Crippen molar-refractivity contribution in [1.29, 1.82) is 0 Å². The van der Waals surface area contributed by atoms with Crippen LogP contribution in [0, 0.1) is 6.92 Å². The quantitative estimate of drug-likeness (QED) is 0.625. The summed E-state index contributed by atoms with van der Waals surface area (Å²) in [6.45, 7) is 6.36. The van der Waals surface area contributed by atoms with E-state index in [2.05, 4.69) is 62.4 Å². The van der Waals surface area contributed by atoms with Gasteiger partial charge in [-0.1, -0.05) is 86.6 Å². The standard InChI is InChI=1S/C23H24O/c1-16-14-21(17(2)19-10-6-4-7-11-19)15-22(23(16)24)18(3)20-12-8-5-9-13-20/h4-15,17-18,24H,1-3H3. The molecule has 1 heteroatoms. The number of benzene rings is 3. The lowest BCUT2D eigenvalue weighted by Crippen LogP contribution is -2.02. The van der Waals surface area contributed by atoms with Gasteiger partial charge >= 0.3 is 0 Å². The molecule has 2 unspecified atom stereocenters. The molecule has 3 aromatic carbocycles. The lowest BCUT2D eigenvalue weighted by Gasteiger charge is -2.20. The van der Waals surface area contributed by atoms with Crippen LogP contribution in [0.2, 0.25) is 0 Å². The number of hydrogen-bond acceptors (Lipinski definition) is 1. The van der Waals surface area contributed by atoms with E-state index in [9.17, 15) is 5.11 Å². The number of aromatic hydroxyl groups is 1. The predicted molar refractivity (Wildman–Crippen MR) is 101 cm³/mol. The van der Waals surface area contributed by atoms with E-state index in [1.807, 2.05) is 31.2 Å². The van der Waals surface area contributed by atoms with Crippen LogP contribution < -0.4 is 0 Å². The van der Waals surface area contributed by atoms with Crippen LogP contribution in [0.4, 0.5) is 0 Å². The molecule has 3 aromatic rings. The summed E-state index contributed by atoms with van der Waals surface area (Å²) >= 11 is 0. The monoisotopic (exact) mass is 316 g/mol. The Morgan fingerprint density at radius 1 is 0.667 bits per heavy atom. The minimum Gasteiger partial charge on any atom is -0.507 e. The molecule has 0 aliphatic heterocycles. The fourth-order valence-corrected chi connectivity index (χ4v) is 3.27. The fraction of sp³-hybridized carbons (Fsp3) is 0.217. The molecule has 0 bridgehead atoms. The number of phenols is 1. The highest BCUT2D eigenvalue weighted by Crippen LogP contribution is 2.37. The molecule has 0 heterocycles. The summed E-state index contributed by atoms with van der Waals surface area (Å²) in [6.07, 6.45) is 0. The van der Waals surface area contributed by atoms with E-state index in [4.69, 9.17) is 0 Å². The summed E-state index contributed by atoms with van der Waals surface area (Å²) in [5.74, 6) is 0.871. The average molecular weight is 316 g/mol. The Hall–Kier alpha value is -2.54. The molecule has 24 heavy (non-hydrogen) atoms. The van der Waals surface area contributed by atoms with Crippen molar-refractivity contribution in [2.24, 2.45) is 0 Å². The van der Waals surface area contributed by atoms with Crippen LogP contribution in [0.5, 0.6) is 5.75 Å². The highest BCUT2D eigenvalue weighted by Gasteiger charge is 2.18. The van der Waals surface area contributed by atoms with Gasteiger partial charge in [-0.15, -0.1) is 0 Å². The largest absolute Gasteiger partial charge is 0.507 e. The minimum atomic E-state index is 0.160. The Balaban J connectivity index is 2.03. The SMILES string of the molecule is Cc1cc(C(C)c2ccccc2)cc(C(C)c2ccccc2)c1O. The highest BCUT2D eigenvalue weighted by molar-refractivity contribution is 5.50. The summed E-state index contributed by atoms with van der Waals surface area (Å²) in [5.41, 5.74) is 5.69. The van der Waals surface area contributed by atoms with Crippen molar-refractivity contribution in [3.8, 4) is 5.75 Å². The van der Waals surface area contributed by atoms with E-state index in [-0.39, 0.29) is 5.92 Å². The molecule has 0 amide bonds. The van der Waals surface area contributed by atoms with E-state index in [0.29, 0.717) is 11.7 Å². The van der Waals surface area contributed by atoms with Gasteiger partial charge in [-0.05, 0) is 29.2 Å². The van der Waals surface area contributed by atoms with Crippen LogP contribution >= 0.6 is 0 Å². The van der Waals surface area contributed by atoms with Crippen molar-refractivity contribution in [1.82, 2.24) is 0 Å². The Labute approximate surface area is 144 Å². The molecule has 0 radical (unpaired) electrons. The Morgan fingerprint density at radius 2 is 1.17 bits per heavy atom. The van der Waals surface area contributed by atoms with Crippen molar-refractivity contribution in [3.63, 3.8) is 0 Å². The first-order valence-corrected chi connectivity index (χ1v) is 8.51. The molecule has 2 atom stereocenters. The molecule has 0 aliphatic rings. The maximum absolute atomic E-state index is 10.6. The topological polar surface area (TPSA) is 20.2 Å². The van der Waals surface area contributed by atoms with Gasteiger partial charge in [0.15, 0.2) is 0 Å². The van der Waals surface area contributed by atoms with Crippen molar-refractivity contribution >= 4 is 0 Å². The summed E-state index contributed by atoms with van der Waals surface area (Å²) in [5, 5.41) is 10.6. The number of hydrogen-bond donors (Lipinski definition) is 1. The minimum absolute atomic E-state index is 0.160. The zero-order chi connectivity index (χ0) is 17.1. The average Bonchev–Trinajstić information content (AvgIpc) is 2.64. The third-order valence-electron chi connectivity index (χ3n) is 4.92. The third kappa shape index (κ3) is 3.21. The number of rotatable bonds is 4. The second kappa shape index (κ2) is 6.92. The molecule has 0 saturated heterocycles. The van der Waals surface area contributed by atoms with Gasteiger partial charge in [-0.25, -0.2) is 0 Å². The molecular formula is C23H24O. The van der Waals surface area contributed by atoms with Crippen LogP contribution in [-0.2, 0) is 0 Å². The molecule has 3 rings (SSSR count). The van der Waals surface area contributed by atoms with Gasteiger partial charge in [-0.3, -0.25) is 0 Å². The zero-order valence-electron chi connectivity index (χ0n) is 14.5. The van der Waals surface area contributed by atoms with Gasteiger partial charge in [0.05, 0.1) is 0 Å². The number of aryl methyl sites for hydroxylation is 1. The summed E-state index contributed by atoms with van der Waals surface area (Å²) in [4.78, 5) is 0. The molecule has 0 aromatic heterocycles. The van der Waals surface area contributed by atoms with Gasteiger partial charge < -0.3 is 5.11 Å². The lowest BCUT2D eigenvalue weighted by molar-refractivity contribution is 0.461. The summed E-state index contributed by atoms with van der Waals surface area (Å²) < 4.78 is 0. The van der Waals surface area contributed by atoms with Crippen LogP contribution in [-0.4, -0.2) is 5.11 Å². The van der Waals surface area contributed by atoms with Crippen molar-refractivity contribution in [3.05, 3.63) is 101 Å². The first-order chi connectivity index (χ1) is 11.6. The van der Waals surface area contributed by atoms with Gasteiger partial charge in [0.1, 0.15) is 5.75 Å². The van der Waals surface area contributed by atoms with Crippen LogP contribution in [0.15, 0.2) is 72.8 Å². The second-order valence-corrected chi connectivity index (χ2v) is 6.54. The van der Waals surface area contributed by atoms with E-state index in [1.165, 1.54) is 16.7 Å². The first-order valence-electron chi connectivity index (χ1n) is 8.51. The maximum Gasteiger partial charge on any atom is 0.122 e. The Kier molecular flexibility index (Phi) is 4.71. The molecule has 1 N–H and O–H groups in total. The zero-order valence-corrected chi connectivity index (χ0v) is 14.5. The van der Waals surface area contributed by atoms with E-state index < -0.39 is 0 Å². The molecule has 0 fully saturated rings. The highest BCUT2D eigenvalue weighted by atomic mass is 16.3. The molecule has 0 spiro atoms. The lowest BCUT2D eigenvalue weighted by atomic mass is 9.85.